The number of imidazole rings is 1. The van der Waals surface area contributed by atoms with Crippen molar-refractivity contribution < 1.29 is 4.79 Å². The first-order chi connectivity index (χ1) is 12.3. The number of rotatable bonds is 3. The van der Waals surface area contributed by atoms with Crippen LogP contribution in [0.25, 0.3) is 11.5 Å². The molecule has 3 aromatic heterocycles. The molecule has 0 aliphatic carbocycles. The number of carbonyl (C=O) groups is 1. The Morgan fingerprint density at radius 2 is 2.04 bits per heavy atom. The van der Waals surface area contributed by atoms with E-state index in [1.165, 1.54) is 0 Å². The van der Waals surface area contributed by atoms with Crippen molar-refractivity contribution in [2.24, 2.45) is 7.05 Å². The minimum Gasteiger partial charge on any atom is -0.333 e. The molecule has 1 fully saturated rings. The average Bonchev–Trinajstić information content (AvgIpc) is 3.31. The Morgan fingerprint density at radius 1 is 1.16 bits per heavy atom. The summed E-state index contributed by atoms with van der Waals surface area (Å²) in [4.78, 5) is 32.3. The van der Waals surface area contributed by atoms with Crippen LogP contribution in [0.1, 0.15) is 34.9 Å². The zero-order valence-corrected chi connectivity index (χ0v) is 13.9. The molecule has 1 aliphatic rings. The van der Waals surface area contributed by atoms with Gasteiger partial charge in [0.25, 0.3) is 5.91 Å². The van der Waals surface area contributed by atoms with Crippen molar-refractivity contribution in [3.8, 4) is 11.5 Å². The van der Waals surface area contributed by atoms with Crippen LogP contribution >= 0.6 is 0 Å². The summed E-state index contributed by atoms with van der Waals surface area (Å²) in [5.74, 6) is 0.732. The lowest BCUT2D eigenvalue weighted by atomic mass is 10.1. The van der Waals surface area contributed by atoms with Gasteiger partial charge >= 0.3 is 0 Å². The van der Waals surface area contributed by atoms with Gasteiger partial charge in [-0.1, -0.05) is 0 Å². The molecule has 1 aliphatic heterocycles. The number of aromatic nitrogens is 5. The molecule has 0 spiro atoms. The van der Waals surface area contributed by atoms with E-state index in [9.17, 15) is 4.79 Å². The number of likely N-dealkylation sites (tertiary alicyclic amines) is 1. The van der Waals surface area contributed by atoms with Gasteiger partial charge in [-0.2, -0.15) is 0 Å². The van der Waals surface area contributed by atoms with Gasteiger partial charge in [0, 0.05) is 50.8 Å². The van der Waals surface area contributed by atoms with E-state index in [-0.39, 0.29) is 11.9 Å². The maximum Gasteiger partial charge on any atom is 0.255 e. The van der Waals surface area contributed by atoms with Crippen molar-refractivity contribution in [1.82, 2.24) is 29.4 Å². The average molecular weight is 334 g/mol. The number of aryl methyl sites for hydroxylation is 1. The Hall–Kier alpha value is -3.09. The van der Waals surface area contributed by atoms with Gasteiger partial charge < -0.3 is 9.47 Å². The molecule has 7 heteroatoms. The third kappa shape index (κ3) is 2.77. The van der Waals surface area contributed by atoms with E-state index in [1.807, 2.05) is 22.7 Å². The molecule has 0 radical (unpaired) electrons. The van der Waals surface area contributed by atoms with Crippen LogP contribution in [0.15, 0.2) is 49.3 Å². The van der Waals surface area contributed by atoms with Crippen molar-refractivity contribution in [3.05, 3.63) is 60.6 Å². The van der Waals surface area contributed by atoms with E-state index in [1.54, 1.807) is 43.1 Å². The quantitative estimate of drug-likeness (QED) is 0.734. The lowest BCUT2D eigenvalue weighted by molar-refractivity contribution is 0.0732. The van der Waals surface area contributed by atoms with Gasteiger partial charge in [0.2, 0.25) is 0 Å². The molecule has 0 bridgehead atoms. The standard InChI is InChI=1S/C18H18N6O/c1-23-11-9-22-17(23)16-15(20-7-8-21-16)14-5-3-10-24(14)18(25)13-4-2-6-19-12-13/h2,4,6-9,11-12,14H,3,5,10H2,1H3/t14-/m1/s1. The van der Waals surface area contributed by atoms with E-state index < -0.39 is 0 Å². The zero-order valence-electron chi connectivity index (χ0n) is 13.9. The molecule has 3 aromatic rings. The zero-order chi connectivity index (χ0) is 17.2. The van der Waals surface area contributed by atoms with E-state index >= 15 is 0 Å². The molecule has 7 nitrogen and oxygen atoms in total. The van der Waals surface area contributed by atoms with Crippen LogP contribution in [0.2, 0.25) is 0 Å². The van der Waals surface area contributed by atoms with Crippen LogP contribution in [0.4, 0.5) is 0 Å². The highest BCUT2D eigenvalue weighted by molar-refractivity contribution is 5.94. The highest BCUT2D eigenvalue weighted by atomic mass is 16.2. The third-order valence-electron chi connectivity index (χ3n) is 4.50. The Labute approximate surface area is 145 Å². The second kappa shape index (κ2) is 6.43. The lowest BCUT2D eigenvalue weighted by Gasteiger charge is -2.25. The second-order valence-corrected chi connectivity index (χ2v) is 6.05. The normalized spacial score (nSPS) is 17.0. The minimum atomic E-state index is -0.104. The second-order valence-electron chi connectivity index (χ2n) is 6.05. The summed E-state index contributed by atoms with van der Waals surface area (Å²) in [5.41, 5.74) is 2.12. The highest BCUT2D eigenvalue weighted by Gasteiger charge is 2.34. The van der Waals surface area contributed by atoms with Crippen molar-refractivity contribution in [2.75, 3.05) is 6.54 Å². The van der Waals surface area contributed by atoms with Gasteiger partial charge in [-0.25, -0.2) is 9.97 Å². The summed E-state index contributed by atoms with van der Waals surface area (Å²) >= 11 is 0. The first kappa shape index (κ1) is 15.4. The van der Waals surface area contributed by atoms with Crippen LogP contribution in [0, 0.1) is 0 Å². The molecule has 1 saturated heterocycles. The molecule has 0 unspecified atom stereocenters. The van der Waals surface area contributed by atoms with Gasteiger partial charge in [-0.3, -0.25) is 14.8 Å². The van der Waals surface area contributed by atoms with Gasteiger partial charge in [0.15, 0.2) is 5.82 Å². The Bertz CT molecular complexity index is 891. The summed E-state index contributed by atoms with van der Waals surface area (Å²) in [7, 11) is 1.92. The largest absolute Gasteiger partial charge is 0.333 e. The molecule has 0 aromatic carbocycles. The van der Waals surface area contributed by atoms with Crippen molar-refractivity contribution >= 4 is 5.91 Å². The molecule has 1 atom stereocenters. The van der Waals surface area contributed by atoms with Gasteiger partial charge in [0.1, 0.15) is 5.69 Å². The number of amides is 1. The molecule has 0 saturated carbocycles. The lowest BCUT2D eigenvalue weighted by Crippen LogP contribution is -2.31. The van der Waals surface area contributed by atoms with Crippen molar-refractivity contribution in [3.63, 3.8) is 0 Å². The molecule has 4 heterocycles. The fourth-order valence-electron chi connectivity index (χ4n) is 3.31. The number of hydrogen-bond acceptors (Lipinski definition) is 5. The van der Waals surface area contributed by atoms with Crippen LogP contribution in [-0.4, -0.2) is 41.9 Å². The number of hydrogen-bond donors (Lipinski definition) is 0. The first-order valence-electron chi connectivity index (χ1n) is 8.25. The number of pyridine rings is 1. The van der Waals surface area contributed by atoms with Gasteiger partial charge in [-0.15, -0.1) is 0 Å². The Balaban J connectivity index is 1.72. The summed E-state index contributed by atoms with van der Waals surface area (Å²) in [6.45, 7) is 0.703. The predicted molar refractivity (Wildman–Crippen MR) is 91.5 cm³/mol. The van der Waals surface area contributed by atoms with Crippen molar-refractivity contribution in [1.29, 1.82) is 0 Å². The summed E-state index contributed by atoms with van der Waals surface area (Å²) in [5, 5.41) is 0. The molecule has 4 rings (SSSR count). The molecule has 1 amide bonds. The molecule has 0 N–H and O–H groups in total. The third-order valence-corrected chi connectivity index (χ3v) is 4.50. The predicted octanol–water partition coefficient (Wildman–Crippen LogP) is 2.25. The molecular formula is C18H18N6O. The monoisotopic (exact) mass is 334 g/mol. The fraction of sp³-hybridized carbons (Fsp3) is 0.278. The topological polar surface area (TPSA) is 76.8 Å². The Morgan fingerprint density at radius 3 is 2.80 bits per heavy atom. The summed E-state index contributed by atoms with van der Waals surface area (Å²) < 4.78 is 1.91. The summed E-state index contributed by atoms with van der Waals surface area (Å²) in [6, 6.07) is 3.47. The van der Waals surface area contributed by atoms with Crippen LogP contribution in [-0.2, 0) is 7.05 Å². The van der Waals surface area contributed by atoms with Crippen LogP contribution in [0.5, 0.6) is 0 Å². The van der Waals surface area contributed by atoms with Crippen molar-refractivity contribution in [2.45, 2.75) is 18.9 Å². The van der Waals surface area contributed by atoms with Gasteiger partial charge in [-0.05, 0) is 25.0 Å². The first-order valence-corrected chi connectivity index (χ1v) is 8.25. The fourth-order valence-corrected chi connectivity index (χ4v) is 3.31. The van der Waals surface area contributed by atoms with E-state index in [2.05, 4.69) is 19.9 Å². The number of nitrogens with zero attached hydrogens (tertiary/aromatic N) is 6. The molecule has 126 valence electrons. The maximum atomic E-state index is 12.9. The Kier molecular flexibility index (Phi) is 3.97. The van der Waals surface area contributed by atoms with E-state index in [0.29, 0.717) is 12.1 Å². The van der Waals surface area contributed by atoms with E-state index in [4.69, 9.17) is 0 Å². The smallest absolute Gasteiger partial charge is 0.255 e. The molecular weight excluding hydrogens is 316 g/mol. The number of carbonyl (C=O) groups excluding carboxylic acids is 1. The SMILES string of the molecule is Cn1ccnc1-c1nccnc1[C@H]1CCCN1C(=O)c1cccnc1. The van der Waals surface area contributed by atoms with Gasteiger partial charge in [0.05, 0.1) is 17.3 Å². The van der Waals surface area contributed by atoms with E-state index in [0.717, 1.165) is 30.1 Å². The molecule has 25 heavy (non-hydrogen) atoms. The van der Waals surface area contributed by atoms with Crippen LogP contribution in [0.3, 0.4) is 0 Å². The maximum absolute atomic E-state index is 12.9. The van der Waals surface area contributed by atoms with Crippen LogP contribution < -0.4 is 0 Å². The minimum absolute atomic E-state index is 0.0213. The summed E-state index contributed by atoms with van der Waals surface area (Å²) in [6.07, 6.45) is 12.0. The highest BCUT2D eigenvalue weighted by Crippen LogP contribution is 2.35.